The largest absolute Gasteiger partial charge is 0.361 e. The minimum atomic E-state index is -0.416. The minimum absolute atomic E-state index is 0.182. The highest BCUT2D eigenvalue weighted by molar-refractivity contribution is 6.02. The highest BCUT2D eigenvalue weighted by atomic mass is 19.1. The number of benzene rings is 1. The van der Waals surface area contributed by atoms with E-state index in [9.17, 15) is 14.0 Å². The smallest absolute Gasteiger partial charge is 0.257 e. The fraction of sp³-hybridized carbons (Fsp3) is 0.353. The fourth-order valence-electron chi connectivity index (χ4n) is 2.14. The van der Waals surface area contributed by atoms with Gasteiger partial charge in [-0.2, -0.15) is 0 Å². The second-order valence-electron chi connectivity index (χ2n) is 6.33. The molecule has 23 heavy (non-hydrogen) atoms. The van der Waals surface area contributed by atoms with Crippen molar-refractivity contribution in [2.24, 2.45) is 0 Å². The summed E-state index contributed by atoms with van der Waals surface area (Å²) in [5, 5.41) is 6.51. The molecule has 0 spiro atoms. The number of aromatic nitrogens is 1. The molecule has 0 aliphatic heterocycles. The van der Waals surface area contributed by atoms with Crippen molar-refractivity contribution in [3.05, 3.63) is 52.7 Å². The average Bonchev–Trinajstić information content (AvgIpc) is 2.87. The fourth-order valence-corrected chi connectivity index (χ4v) is 2.14. The molecule has 0 unspecified atom stereocenters. The summed E-state index contributed by atoms with van der Waals surface area (Å²) in [6.07, 6.45) is 0. The normalized spacial score (nSPS) is 11.3. The maximum atomic E-state index is 12.9. The Kier molecular flexibility index (Phi) is 4.63. The second-order valence-corrected chi connectivity index (χ2v) is 6.33. The van der Waals surface area contributed by atoms with Gasteiger partial charge in [-0.1, -0.05) is 25.9 Å². The maximum absolute atomic E-state index is 12.9. The Balaban J connectivity index is 2.10. The minimum Gasteiger partial charge on any atom is -0.361 e. The quantitative estimate of drug-likeness (QED) is 0.880. The van der Waals surface area contributed by atoms with E-state index in [1.807, 2.05) is 20.8 Å². The lowest BCUT2D eigenvalue weighted by molar-refractivity contribution is 0.0901. The summed E-state index contributed by atoms with van der Waals surface area (Å²) >= 11 is 0. The van der Waals surface area contributed by atoms with Crippen molar-refractivity contribution in [2.75, 3.05) is 6.54 Å². The molecule has 0 fully saturated rings. The summed E-state index contributed by atoms with van der Waals surface area (Å²) in [5.41, 5.74) is 0.877. The number of hydrogen-bond acceptors (Lipinski definition) is 4. The standard InChI is InChI=1S/C17H19FN2O3/c1-10-14(15(20-23-10)17(2,3)4)16(22)19-9-13(21)11-5-7-12(18)8-6-11/h5-8H,9H2,1-4H3,(H,19,22). The van der Waals surface area contributed by atoms with Crippen molar-refractivity contribution < 1.29 is 18.5 Å². The second kappa shape index (κ2) is 6.32. The summed E-state index contributed by atoms with van der Waals surface area (Å²) in [5.74, 6) is -0.726. The van der Waals surface area contributed by atoms with Gasteiger partial charge in [0.25, 0.3) is 5.91 Å². The number of amides is 1. The highest BCUT2D eigenvalue weighted by Crippen LogP contribution is 2.26. The lowest BCUT2D eigenvalue weighted by Gasteiger charge is -2.16. The van der Waals surface area contributed by atoms with Crippen LogP contribution in [0.5, 0.6) is 0 Å². The van der Waals surface area contributed by atoms with Crippen LogP contribution in [0.3, 0.4) is 0 Å². The van der Waals surface area contributed by atoms with Crippen molar-refractivity contribution >= 4 is 11.7 Å². The molecule has 0 radical (unpaired) electrons. The summed E-state index contributed by atoms with van der Waals surface area (Å²) in [6, 6.07) is 5.18. The third-order valence-electron chi connectivity index (χ3n) is 3.38. The van der Waals surface area contributed by atoms with Crippen LogP contribution in [-0.4, -0.2) is 23.4 Å². The van der Waals surface area contributed by atoms with Crippen LogP contribution in [0.25, 0.3) is 0 Å². The van der Waals surface area contributed by atoms with E-state index in [4.69, 9.17) is 4.52 Å². The molecule has 1 aromatic heterocycles. The molecule has 2 rings (SSSR count). The van der Waals surface area contributed by atoms with Crippen LogP contribution in [0.1, 0.15) is 52.9 Å². The molecule has 1 N–H and O–H groups in total. The van der Waals surface area contributed by atoms with Gasteiger partial charge in [-0.05, 0) is 31.2 Å². The Morgan fingerprint density at radius 3 is 2.39 bits per heavy atom. The predicted octanol–water partition coefficient (Wildman–Crippen LogP) is 3.03. The summed E-state index contributed by atoms with van der Waals surface area (Å²) < 4.78 is 18.0. The molecule has 0 saturated heterocycles. The Hall–Kier alpha value is -2.50. The van der Waals surface area contributed by atoms with Gasteiger partial charge >= 0.3 is 0 Å². The van der Waals surface area contributed by atoms with Crippen molar-refractivity contribution in [3.8, 4) is 0 Å². The zero-order valence-electron chi connectivity index (χ0n) is 13.6. The zero-order chi connectivity index (χ0) is 17.2. The summed E-state index contributed by atoms with van der Waals surface area (Å²) in [7, 11) is 0. The molecule has 5 nitrogen and oxygen atoms in total. The first-order valence-electron chi connectivity index (χ1n) is 7.24. The number of nitrogens with one attached hydrogen (secondary N) is 1. The number of carbonyl (C=O) groups excluding carboxylic acids is 2. The molecule has 6 heteroatoms. The molecule has 0 saturated carbocycles. The molecule has 1 heterocycles. The first kappa shape index (κ1) is 16.9. The number of rotatable bonds is 4. The third kappa shape index (κ3) is 3.83. The summed E-state index contributed by atoms with van der Waals surface area (Å²) in [6.45, 7) is 7.23. The van der Waals surface area contributed by atoms with E-state index in [0.717, 1.165) is 0 Å². The van der Waals surface area contributed by atoms with Crippen LogP contribution >= 0.6 is 0 Å². The summed E-state index contributed by atoms with van der Waals surface area (Å²) in [4.78, 5) is 24.4. The topological polar surface area (TPSA) is 72.2 Å². The predicted molar refractivity (Wildman–Crippen MR) is 83.0 cm³/mol. The maximum Gasteiger partial charge on any atom is 0.257 e. The van der Waals surface area contributed by atoms with Gasteiger partial charge in [0, 0.05) is 11.0 Å². The molecular formula is C17H19FN2O3. The van der Waals surface area contributed by atoms with Gasteiger partial charge in [0.15, 0.2) is 5.78 Å². The Morgan fingerprint density at radius 1 is 1.22 bits per heavy atom. The van der Waals surface area contributed by atoms with Crippen LogP contribution in [0.15, 0.2) is 28.8 Å². The van der Waals surface area contributed by atoms with Gasteiger partial charge in [0.05, 0.1) is 6.54 Å². The number of ketones is 1. The van der Waals surface area contributed by atoms with E-state index in [-0.39, 0.29) is 17.7 Å². The number of carbonyl (C=O) groups is 2. The molecular weight excluding hydrogens is 299 g/mol. The highest BCUT2D eigenvalue weighted by Gasteiger charge is 2.28. The average molecular weight is 318 g/mol. The first-order chi connectivity index (χ1) is 10.7. The van der Waals surface area contributed by atoms with E-state index >= 15 is 0 Å². The van der Waals surface area contributed by atoms with E-state index in [0.29, 0.717) is 22.6 Å². The van der Waals surface area contributed by atoms with E-state index < -0.39 is 11.7 Å². The van der Waals surface area contributed by atoms with Crippen LogP contribution in [-0.2, 0) is 5.41 Å². The van der Waals surface area contributed by atoms with Gasteiger partial charge < -0.3 is 9.84 Å². The monoisotopic (exact) mass is 318 g/mol. The van der Waals surface area contributed by atoms with Crippen molar-refractivity contribution in [1.82, 2.24) is 10.5 Å². The lowest BCUT2D eigenvalue weighted by Crippen LogP contribution is -2.31. The van der Waals surface area contributed by atoms with Gasteiger partial charge in [-0.3, -0.25) is 9.59 Å². The molecule has 2 aromatic rings. The molecule has 1 amide bonds. The van der Waals surface area contributed by atoms with Crippen molar-refractivity contribution in [2.45, 2.75) is 33.1 Å². The molecule has 0 aliphatic carbocycles. The number of aryl methyl sites for hydroxylation is 1. The van der Waals surface area contributed by atoms with Crippen molar-refractivity contribution in [3.63, 3.8) is 0 Å². The van der Waals surface area contributed by atoms with Gasteiger partial charge in [0.1, 0.15) is 22.8 Å². The Labute approximate surface area is 133 Å². The molecule has 0 bridgehead atoms. The van der Waals surface area contributed by atoms with E-state index in [2.05, 4.69) is 10.5 Å². The number of Topliss-reactive ketones (excluding diaryl/α,β-unsaturated/α-hetero) is 1. The van der Waals surface area contributed by atoms with Crippen LogP contribution in [0.4, 0.5) is 4.39 Å². The Morgan fingerprint density at radius 2 is 1.83 bits per heavy atom. The first-order valence-corrected chi connectivity index (χ1v) is 7.24. The zero-order valence-corrected chi connectivity index (χ0v) is 13.6. The third-order valence-corrected chi connectivity index (χ3v) is 3.38. The molecule has 122 valence electrons. The number of nitrogens with zero attached hydrogens (tertiary/aromatic N) is 1. The van der Waals surface area contributed by atoms with E-state index in [1.165, 1.54) is 24.3 Å². The lowest BCUT2D eigenvalue weighted by atomic mass is 9.88. The Bertz CT molecular complexity index is 727. The van der Waals surface area contributed by atoms with Crippen molar-refractivity contribution in [1.29, 1.82) is 0 Å². The number of hydrogen-bond donors (Lipinski definition) is 1. The van der Waals surface area contributed by atoms with Crippen LogP contribution in [0, 0.1) is 12.7 Å². The molecule has 1 aromatic carbocycles. The molecule has 0 atom stereocenters. The van der Waals surface area contributed by atoms with Crippen LogP contribution < -0.4 is 5.32 Å². The van der Waals surface area contributed by atoms with Gasteiger partial charge in [-0.15, -0.1) is 0 Å². The SMILES string of the molecule is Cc1onc(C(C)(C)C)c1C(=O)NCC(=O)c1ccc(F)cc1. The molecule has 0 aliphatic rings. The van der Waals surface area contributed by atoms with Crippen LogP contribution in [0.2, 0.25) is 0 Å². The van der Waals surface area contributed by atoms with Gasteiger partial charge in [0.2, 0.25) is 0 Å². The van der Waals surface area contributed by atoms with E-state index in [1.54, 1.807) is 6.92 Å². The van der Waals surface area contributed by atoms with Gasteiger partial charge in [-0.25, -0.2) is 4.39 Å². The number of halogens is 1.